The molecule has 0 heterocycles. The number of rotatable bonds is 6. The van der Waals surface area contributed by atoms with Crippen LogP contribution < -0.4 is 0 Å². The summed E-state index contributed by atoms with van der Waals surface area (Å²) in [4.78, 5) is 13.0. The van der Waals surface area contributed by atoms with Crippen molar-refractivity contribution in [2.24, 2.45) is 0 Å². The summed E-state index contributed by atoms with van der Waals surface area (Å²) < 4.78 is 5.10. The van der Waals surface area contributed by atoms with E-state index in [4.69, 9.17) is 14.9 Å². The highest BCUT2D eigenvalue weighted by Gasteiger charge is 2.11. The van der Waals surface area contributed by atoms with E-state index in [1.807, 2.05) is 30.3 Å². The van der Waals surface area contributed by atoms with Crippen molar-refractivity contribution in [2.75, 3.05) is 20.2 Å². The highest BCUT2D eigenvalue weighted by atomic mass is 16.6. The summed E-state index contributed by atoms with van der Waals surface area (Å²) in [6.45, 7) is 0.273. The maximum absolute atomic E-state index is 11.6. The quantitative estimate of drug-likeness (QED) is 0.793. The van der Waals surface area contributed by atoms with Crippen molar-refractivity contribution in [3.05, 3.63) is 35.9 Å². The van der Waals surface area contributed by atoms with Crippen molar-refractivity contribution in [1.29, 1.82) is 0 Å². The monoisotopic (exact) mass is 253 g/mol. The van der Waals surface area contributed by atoms with Gasteiger partial charge in [-0.25, -0.2) is 4.79 Å². The lowest BCUT2D eigenvalue weighted by Crippen LogP contribution is -2.31. The average Bonchev–Trinajstić information content (AvgIpc) is 2.42. The van der Waals surface area contributed by atoms with Gasteiger partial charge in [-0.15, -0.1) is 0 Å². The van der Waals surface area contributed by atoms with Crippen LogP contribution in [0.5, 0.6) is 0 Å². The normalized spacial score (nSPS) is 11.9. The molecule has 0 spiro atoms. The van der Waals surface area contributed by atoms with E-state index >= 15 is 0 Å². The molecule has 0 aliphatic heterocycles. The average molecular weight is 253 g/mol. The SMILES string of the molecule is CN(CCC(O)CO)C(=O)OCc1ccccc1. The molecule has 0 saturated carbocycles. The van der Waals surface area contributed by atoms with Crippen LogP contribution in [0.1, 0.15) is 12.0 Å². The molecule has 0 saturated heterocycles. The molecule has 5 nitrogen and oxygen atoms in total. The lowest BCUT2D eigenvalue weighted by Gasteiger charge is -2.18. The number of carbonyl (C=O) groups is 1. The highest BCUT2D eigenvalue weighted by Crippen LogP contribution is 2.03. The van der Waals surface area contributed by atoms with Gasteiger partial charge in [-0.3, -0.25) is 0 Å². The Morgan fingerprint density at radius 2 is 2.06 bits per heavy atom. The summed E-state index contributed by atoms with van der Waals surface area (Å²) in [7, 11) is 1.59. The number of aliphatic hydroxyl groups is 2. The Kier molecular flexibility index (Phi) is 6.18. The zero-order chi connectivity index (χ0) is 13.4. The minimum atomic E-state index is -0.797. The molecule has 1 rings (SSSR count). The molecule has 1 unspecified atom stereocenters. The molecule has 2 N–H and O–H groups in total. The number of aliphatic hydroxyl groups excluding tert-OH is 2. The number of ether oxygens (including phenoxy) is 1. The minimum Gasteiger partial charge on any atom is -0.445 e. The van der Waals surface area contributed by atoms with E-state index < -0.39 is 12.2 Å². The van der Waals surface area contributed by atoms with Gasteiger partial charge < -0.3 is 19.8 Å². The first-order chi connectivity index (χ1) is 8.63. The molecule has 1 aromatic carbocycles. The molecule has 1 atom stereocenters. The summed E-state index contributed by atoms with van der Waals surface area (Å²) >= 11 is 0. The molecule has 0 aromatic heterocycles. The molecule has 1 amide bonds. The third kappa shape index (κ3) is 5.16. The van der Waals surface area contributed by atoms with Gasteiger partial charge >= 0.3 is 6.09 Å². The van der Waals surface area contributed by atoms with Crippen LogP contribution in [0.25, 0.3) is 0 Å². The smallest absolute Gasteiger partial charge is 0.409 e. The molecule has 0 bridgehead atoms. The van der Waals surface area contributed by atoms with Crippen molar-refractivity contribution in [2.45, 2.75) is 19.1 Å². The third-order valence-electron chi connectivity index (χ3n) is 2.53. The molecular weight excluding hydrogens is 234 g/mol. The second-order valence-corrected chi connectivity index (χ2v) is 4.09. The Bertz CT molecular complexity index is 355. The van der Waals surface area contributed by atoms with Crippen LogP contribution in [0.15, 0.2) is 30.3 Å². The van der Waals surface area contributed by atoms with Gasteiger partial charge in [0.2, 0.25) is 0 Å². The van der Waals surface area contributed by atoms with Crippen LogP contribution in [0.4, 0.5) is 4.79 Å². The summed E-state index contributed by atoms with van der Waals surface area (Å²) in [6, 6.07) is 9.41. The van der Waals surface area contributed by atoms with Gasteiger partial charge in [0, 0.05) is 13.6 Å². The Balaban J connectivity index is 2.28. The van der Waals surface area contributed by atoms with Gasteiger partial charge in [0.05, 0.1) is 12.7 Å². The van der Waals surface area contributed by atoms with Gasteiger partial charge in [0.25, 0.3) is 0 Å². The van der Waals surface area contributed by atoms with Crippen molar-refractivity contribution >= 4 is 6.09 Å². The van der Waals surface area contributed by atoms with Gasteiger partial charge in [-0.05, 0) is 12.0 Å². The van der Waals surface area contributed by atoms with Crippen LogP contribution in [0.2, 0.25) is 0 Å². The Hall–Kier alpha value is -1.59. The zero-order valence-corrected chi connectivity index (χ0v) is 10.5. The lowest BCUT2D eigenvalue weighted by atomic mass is 10.2. The van der Waals surface area contributed by atoms with Crippen molar-refractivity contribution < 1.29 is 19.7 Å². The van der Waals surface area contributed by atoms with Crippen LogP contribution >= 0.6 is 0 Å². The van der Waals surface area contributed by atoms with E-state index in [9.17, 15) is 4.79 Å². The topological polar surface area (TPSA) is 70.0 Å². The number of carbonyl (C=O) groups excluding carboxylic acids is 1. The first kappa shape index (κ1) is 14.5. The summed E-state index contributed by atoms with van der Waals surface area (Å²) in [5, 5.41) is 17.8. The molecule has 1 aromatic rings. The summed E-state index contributed by atoms with van der Waals surface area (Å²) in [5.41, 5.74) is 0.926. The fourth-order valence-corrected chi connectivity index (χ4v) is 1.35. The molecular formula is C13H19NO4. The Morgan fingerprint density at radius 1 is 1.39 bits per heavy atom. The van der Waals surface area contributed by atoms with Crippen molar-refractivity contribution in [3.63, 3.8) is 0 Å². The first-order valence-electron chi connectivity index (χ1n) is 5.84. The minimum absolute atomic E-state index is 0.229. The Labute approximate surface area is 107 Å². The van der Waals surface area contributed by atoms with Gasteiger partial charge in [0.1, 0.15) is 6.61 Å². The van der Waals surface area contributed by atoms with Crippen LogP contribution in [-0.4, -0.2) is 47.5 Å². The van der Waals surface area contributed by atoms with E-state index in [1.165, 1.54) is 4.90 Å². The van der Waals surface area contributed by atoms with Gasteiger partial charge in [0.15, 0.2) is 0 Å². The fraction of sp³-hybridized carbons (Fsp3) is 0.462. The summed E-state index contributed by atoms with van der Waals surface area (Å²) in [6.07, 6.45) is -0.911. The second kappa shape index (κ2) is 7.68. The first-order valence-corrected chi connectivity index (χ1v) is 5.84. The molecule has 0 aliphatic carbocycles. The fourth-order valence-electron chi connectivity index (χ4n) is 1.35. The van der Waals surface area contributed by atoms with Crippen LogP contribution in [0.3, 0.4) is 0 Å². The molecule has 100 valence electrons. The number of nitrogens with zero attached hydrogens (tertiary/aromatic N) is 1. The number of hydrogen-bond donors (Lipinski definition) is 2. The predicted molar refractivity (Wildman–Crippen MR) is 67.0 cm³/mol. The van der Waals surface area contributed by atoms with E-state index in [2.05, 4.69) is 0 Å². The summed E-state index contributed by atoms with van der Waals surface area (Å²) in [5.74, 6) is 0. The van der Waals surface area contributed by atoms with Crippen molar-refractivity contribution in [1.82, 2.24) is 4.90 Å². The molecule has 5 heteroatoms. The molecule has 0 fully saturated rings. The van der Waals surface area contributed by atoms with Gasteiger partial charge in [-0.2, -0.15) is 0 Å². The van der Waals surface area contributed by atoms with E-state index in [-0.39, 0.29) is 13.2 Å². The van der Waals surface area contributed by atoms with Crippen LogP contribution in [0, 0.1) is 0 Å². The zero-order valence-electron chi connectivity index (χ0n) is 10.5. The van der Waals surface area contributed by atoms with E-state index in [1.54, 1.807) is 7.05 Å². The third-order valence-corrected chi connectivity index (χ3v) is 2.53. The van der Waals surface area contributed by atoms with E-state index in [0.29, 0.717) is 13.0 Å². The standard InChI is InChI=1S/C13H19NO4/c1-14(8-7-12(16)9-15)13(17)18-10-11-5-3-2-4-6-11/h2-6,12,15-16H,7-10H2,1H3. The number of amides is 1. The van der Waals surface area contributed by atoms with Gasteiger partial charge in [-0.1, -0.05) is 30.3 Å². The molecule has 18 heavy (non-hydrogen) atoms. The maximum atomic E-state index is 11.6. The molecule has 0 radical (unpaired) electrons. The Morgan fingerprint density at radius 3 is 2.67 bits per heavy atom. The predicted octanol–water partition coefficient (Wildman–Crippen LogP) is 0.998. The number of hydrogen-bond acceptors (Lipinski definition) is 4. The highest BCUT2D eigenvalue weighted by molar-refractivity contribution is 5.67. The molecule has 0 aliphatic rings. The van der Waals surface area contributed by atoms with Crippen LogP contribution in [-0.2, 0) is 11.3 Å². The lowest BCUT2D eigenvalue weighted by molar-refractivity contribution is 0.0707. The van der Waals surface area contributed by atoms with Crippen molar-refractivity contribution in [3.8, 4) is 0 Å². The second-order valence-electron chi connectivity index (χ2n) is 4.09. The van der Waals surface area contributed by atoms with E-state index in [0.717, 1.165) is 5.56 Å². The number of benzene rings is 1. The largest absolute Gasteiger partial charge is 0.445 e. The maximum Gasteiger partial charge on any atom is 0.409 e.